The van der Waals surface area contributed by atoms with Gasteiger partial charge in [0.2, 0.25) is 0 Å². The summed E-state index contributed by atoms with van der Waals surface area (Å²) in [6.45, 7) is 0.676. The summed E-state index contributed by atoms with van der Waals surface area (Å²) in [5, 5.41) is 13.7. The van der Waals surface area contributed by atoms with E-state index in [-0.39, 0.29) is 5.75 Å². The lowest BCUT2D eigenvalue weighted by Gasteiger charge is -2.13. The Morgan fingerprint density at radius 3 is 2.45 bits per heavy atom. The number of aromatic nitrogens is 2. The van der Waals surface area contributed by atoms with Gasteiger partial charge < -0.3 is 15.3 Å². The standard InChI is InChI=1S/C17H18N4O/c1-21(2)11-16-19-15-6-4-3-5-14(15)17(20-16)18-12-7-9-13(22)10-8-12/h3-10,22H,11H2,1-2H3,(H,18,19,20). The van der Waals surface area contributed by atoms with Gasteiger partial charge in [-0.15, -0.1) is 0 Å². The van der Waals surface area contributed by atoms with E-state index in [1.165, 1.54) is 0 Å². The zero-order valence-corrected chi connectivity index (χ0v) is 12.6. The molecule has 0 aliphatic heterocycles. The van der Waals surface area contributed by atoms with Gasteiger partial charge in [0.15, 0.2) is 0 Å². The van der Waals surface area contributed by atoms with E-state index in [0.29, 0.717) is 6.54 Å². The Labute approximate surface area is 129 Å². The number of fused-ring (bicyclic) bond motifs is 1. The van der Waals surface area contributed by atoms with Crippen LogP contribution in [-0.2, 0) is 6.54 Å². The van der Waals surface area contributed by atoms with Crippen molar-refractivity contribution < 1.29 is 5.11 Å². The van der Waals surface area contributed by atoms with E-state index < -0.39 is 0 Å². The summed E-state index contributed by atoms with van der Waals surface area (Å²) in [6, 6.07) is 14.8. The van der Waals surface area contributed by atoms with Crippen LogP contribution in [0.5, 0.6) is 5.75 Å². The van der Waals surface area contributed by atoms with Crippen molar-refractivity contribution in [1.82, 2.24) is 14.9 Å². The molecule has 22 heavy (non-hydrogen) atoms. The topological polar surface area (TPSA) is 61.3 Å². The number of benzene rings is 2. The van der Waals surface area contributed by atoms with E-state index in [4.69, 9.17) is 0 Å². The average Bonchev–Trinajstić information content (AvgIpc) is 2.49. The Morgan fingerprint density at radius 1 is 1.00 bits per heavy atom. The van der Waals surface area contributed by atoms with Crippen LogP contribution in [0.2, 0.25) is 0 Å². The maximum absolute atomic E-state index is 9.38. The second-order valence-corrected chi connectivity index (χ2v) is 5.42. The first kappa shape index (κ1) is 14.3. The van der Waals surface area contributed by atoms with Crippen LogP contribution in [0.3, 0.4) is 0 Å². The smallest absolute Gasteiger partial charge is 0.145 e. The normalized spacial score (nSPS) is 11.0. The number of phenols is 1. The Bertz CT molecular complexity index is 784. The summed E-state index contributed by atoms with van der Waals surface area (Å²) < 4.78 is 0. The van der Waals surface area contributed by atoms with Crippen LogP contribution >= 0.6 is 0 Å². The number of hydrogen-bond acceptors (Lipinski definition) is 5. The second kappa shape index (κ2) is 5.99. The number of para-hydroxylation sites is 1. The second-order valence-electron chi connectivity index (χ2n) is 5.42. The van der Waals surface area contributed by atoms with Gasteiger partial charge in [0, 0.05) is 11.1 Å². The number of phenolic OH excluding ortho intramolecular Hbond substituents is 1. The minimum absolute atomic E-state index is 0.242. The predicted molar refractivity (Wildman–Crippen MR) is 88.3 cm³/mol. The molecule has 0 fully saturated rings. The molecule has 0 unspecified atom stereocenters. The van der Waals surface area contributed by atoms with Crippen molar-refractivity contribution in [2.45, 2.75) is 6.54 Å². The van der Waals surface area contributed by atoms with Gasteiger partial charge in [0.25, 0.3) is 0 Å². The van der Waals surface area contributed by atoms with E-state index >= 15 is 0 Å². The van der Waals surface area contributed by atoms with Gasteiger partial charge in [-0.05, 0) is 50.5 Å². The minimum Gasteiger partial charge on any atom is -0.508 e. The highest BCUT2D eigenvalue weighted by Gasteiger charge is 2.08. The van der Waals surface area contributed by atoms with E-state index in [1.54, 1.807) is 12.1 Å². The number of aromatic hydroxyl groups is 1. The van der Waals surface area contributed by atoms with Gasteiger partial charge in [-0.1, -0.05) is 12.1 Å². The van der Waals surface area contributed by atoms with E-state index in [1.807, 2.05) is 55.4 Å². The predicted octanol–water partition coefficient (Wildman–Crippen LogP) is 3.14. The van der Waals surface area contributed by atoms with E-state index in [2.05, 4.69) is 15.3 Å². The van der Waals surface area contributed by atoms with Crippen molar-refractivity contribution in [2.24, 2.45) is 0 Å². The molecule has 0 spiro atoms. The molecule has 2 aromatic carbocycles. The van der Waals surface area contributed by atoms with Crippen molar-refractivity contribution in [3.05, 3.63) is 54.4 Å². The summed E-state index contributed by atoms with van der Waals surface area (Å²) >= 11 is 0. The van der Waals surface area contributed by atoms with Gasteiger partial charge in [0.05, 0.1) is 12.1 Å². The number of rotatable bonds is 4. The average molecular weight is 294 g/mol. The molecule has 1 aromatic heterocycles. The SMILES string of the molecule is CN(C)Cc1nc(Nc2ccc(O)cc2)c2ccccc2n1. The van der Waals surface area contributed by atoms with Crippen LogP contribution in [0.15, 0.2) is 48.5 Å². The highest BCUT2D eigenvalue weighted by molar-refractivity contribution is 5.90. The molecule has 0 atom stereocenters. The first-order valence-corrected chi connectivity index (χ1v) is 7.08. The van der Waals surface area contributed by atoms with Gasteiger partial charge in [-0.2, -0.15) is 0 Å². The number of hydrogen-bond donors (Lipinski definition) is 2. The molecule has 112 valence electrons. The summed E-state index contributed by atoms with van der Waals surface area (Å²) in [5.74, 6) is 1.78. The first-order chi connectivity index (χ1) is 10.6. The molecule has 0 amide bonds. The molecule has 5 heteroatoms. The number of nitrogens with one attached hydrogen (secondary N) is 1. The maximum atomic E-state index is 9.38. The Balaban J connectivity index is 2.03. The minimum atomic E-state index is 0.242. The molecule has 3 aromatic rings. The lowest BCUT2D eigenvalue weighted by molar-refractivity contribution is 0.391. The van der Waals surface area contributed by atoms with Crippen molar-refractivity contribution >= 4 is 22.4 Å². The Kier molecular flexibility index (Phi) is 3.89. The third kappa shape index (κ3) is 3.15. The molecule has 0 aliphatic rings. The molecule has 2 N–H and O–H groups in total. The molecular weight excluding hydrogens is 276 g/mol. The number of nitrogens with zero attached hydrogens (tertiary/aromatic N) is 3. The fraction of sp³-hybridized carbons (Fsp3) is 0.176. The van der Waals surface area contributed by atoms with Crippen molar-refractivity contribution in [3.8, 4) is 5.75 Å². The Hall–Kier alpha value is -2.66. The molecular formula is C17H18N4O. The van der Waals surface area contributed by atoms with E-state index in [0.717, 1.165) is 28.2 Å². The molecule has 5 nitrogen and oxygen atoms in total. The summed E-state index contributed by atoms with van der Waals surface area (Å²) in [5.41, 5.74) is 1.79. The van der Waals surface area contributed by atoms with Crippen LogP contribution in [0, 0.1) is 0 Å². The fourth-order valence-electron chi connectivity index (χ4n) is 2.26. The fourth-order valence-corrected chi connectivity index (χ4v) is 2.26. The molecule has 0 saturated carbocycles. The highest BCUT2D eigenvalue weighted by Crippen LogP contribution is 2.25. The van der Waals surface area contributed by atoms with Crippen LogP contribution in [0.4, 0.5) is 11.5 Å². The monoisotopic (exact) mass is 294 g/mol. The lowest BCUT2D eigenvalue weighted by atomic mass is 10.2. The largest absolute Gasteiger partial charge is 0.508 e. The van der Waals surface area contributed by atoms with Crippen molar-refractivity contribution in [2.75, 3.05) is 19.4 Å². The Morgan fingerprint density at radius 2 is 1.73 bits per heavy atom. The zero-order chi connectivity index (χ0) is 15.5. The van der Waals surface area contributed by atoms with Crippen LogP contribution in [0.25, 0.3) is 10.9 Å². The molecule has 0 bridgehead atoms. The van der Waals surface area contributed by atoms with E-state index in [9.17, 15) is 5.11 Å². The molecule has 0 aliphatic carbocycles. The molecule has 0 saturated heterocycles. The zero-order valence-electron chi connectivity index (χ0n) is 12.6. The van der Waals surface area contributed by atoms with Crippen LogP contribution in [0.1, 0.15) is 5.82 Å². The number of anilines is 2. The lowest BCUT2D eigenvalue weighted by Crippen LogP contribution is -2.14. The highest BCUT2D eigenvalue weighted by atomic mass is 16.3. The third-order valence-electron chi connectivity index (χ3n) is 3.24. The van der Waals surface area contributed by atoms with Crippen LogP contribution < -0.4 is 5.32 Å². The van der Waals surface area contributed by atoms with Crippen molar-refractivity contribution in [1.29, 1.82) is 0 Å². The van der Waals surface area contributed by atoms with Crippen molar-refractivity contribution in [3.63, 3.8) is 0 Å². The summed E-state index contributed by atoms with van der Waals surface area (Å²) in [7, 11) is 3.98. The van der Waals surface area contributed by atoms with Gasteiger partial charge >= 0.3 is 0 Å². The van der Waals surface area contributed by atoms with Gasteiger partial charge in [-0.25, -0.2) is 9.97 Å². The molecule has 0 radical (unpaired) electrons. The third-order valence-corrected chi connectivity index (χ3v) is 3.24. The molecule has 3 rings (SSSR count). The molecule has 1 heterocycles. The summed E-state index contributed by atoms with van der Waals surface area (Å²) in [4.78, 5) is 11.3. The van der Waals surface area contributed by atoms with Crippen LogP contribution in [-0.4, -0.2) is 34.1 Å². The van der Waals surface area contributed by atoms with Gasteiger partial charge in [0.1, 0.15) is 17.4 Å². The maximum Gasteiger partial charge on any atom is 0.145 e. The first-order valence-electron chi connectivity index (χ1n) is 7.08. The quantitative estimate of drug-likeness (QED) is 0.724. The van der Waals surface area contributed by atoms with Gasteiger partial charge in [-0.3, -0.25) is 0 Å². The summed E-state index contributed by atoms with van der Waals surface area (Å²) in [6.07, 6.45) is 0.